The van der Waals surface area contributed by atoms with Crippen LogP contribution in [0.2, 0.25) is 0 Å². The van der Waals surface area contributed by atoms with Crippen LogP contribution in [0.1, 0.15) is 33.6 Å². The van der Waals surface area contributed by atoms with Gasteiger partial charge in [0, 0.05) is 31.4 Å². The molecule has 3 rings (SSSR count). The third kappa shape index (κ3) is 4.21. The summed E-state index contributed by atoms with van der Waals surface area (Å²) in [7, 11) is 0. The minimum atomic E-state index is -0.605. The highest BCUT2D eigenvalue weighted by molar-refractivity contribution is 5.95. The third-order valence-electron chi connectivity index (χ3n) is 4.40. The molecule has 0 aliphatic carbocycles. The van der Waals surface area contributed by atoms with Gasteiger partial charge in [-0.3, -0.25) is 14.6 Å². The van der Waals surface area contributed by atoms with Crippen molar-refractivity contribution >= 4 is 11.8 Å². The summed E-state index contributed by atoms with van der Waals surface area (Å²) in [5.74, 6) is -0.884. The second-order valence-corrected chi connectivity index (χ2v) is 6.19. The number of aromatic nitrogens is 1. The zero-order chi connectivity index (χ0) is 17.6. The lowest BCUT2D eigenvalue weighted by molar-refractivity contribution is 0.0666. The lowest BCUT2D eigenvalue weighted by Crippen LogP contribution is -2.44. The normalized spacial score (nSPS) is 17.2. The summed E-state index contributed by atoms with van der Waals surface area (Å²) in [4.78, 5) is 29.9. The largest absolute Gasteiger partial charge is 0.352 e. The Kier molecular flexibility index (Phi) is 5.38. The molecule has 25 heavy (non-hydrogen) atoms. The van der Waals surface area contributed by atoms with Crippen molar-refractivity contribution < 1.29 is 14.0 Å². The zero-order valence-corrected chi connectivity index (χ0v) is 13.8. The number of pyridine rings is 1. The molecule has 1 fully saturated rings. The first-order valence-electron chi connectivity index (χ1n) is 8.37. The number of carbonyl (C=O) groups excluding carboxylic acids is 2. The quantitative estimate of drug-likeness (QED) is 0.929. The van der Waals surface area contributed by atoms with Crippen LogP contribution in [-0.4, -0.2) is 41.3 Å². The van der Waals surface area contributed by atoms with Crippen molar-refractivity contribution in [3.05, 3.63) is 65.7 Å². The van der Waals surface area contributed by atoms with Gasteiger partial charge < -0.3 is 10.2 Å². The second kappa shape index (κ2) is 7.88. The van der Waals surface area contributed by atoms with Crippen LogP contribution in [0.3, 0.4) is 0 Å². The Labute approximate surface area is 145 Å². The van der Waals surface area contributed by atoms with Crippen molar-refractivity contribution in [2.45, 2.75) is 12.8 Å². The Morgan fingerprint density at radius 1 is 1.24 bits per heavy atom. The first-order valence-corrected chi connectivity index (χ1v) is 8.37. The maximum Gasteiger partial charge on any atom is 0.256 e. The van der Waals surface area contributed by atoms with Crippen molar-refractivity contribution in [2.75, 3.05) is 19.6 Å². The number of likely N-dealkylation sites (tertiary alicyclic amines) is 1. The predicted octanol–water partition coefficient (Wildman–Crippen LogP) is 2.50. The molecule has 0 bridgehead atoms. The molecule has 1 aromatic heterocycles. The first kappa shape index (κ1) is 17.1. The number of nitrogens with one attached hydrogen (secondary N) is 1. The molecule has 1 aromatic carbocycles. The molecule has 1 aliphatic rings. The van der Waals surface area contributed by atoms with E-state index in [4.69, 9.17) is 0 Å². The van der Waals surface area contributed by atoms with Crippen LogP contribution in [0.25, 0.3) is 0 Å². The van der Waals surface area contributed by atoms with E-state index in [1.807, 2.05) is 18.2 Å². The fraction of sp³-hybridized carbons (Fsp3) is 0.316. The number of nitrogens with zero attached hydrogens (tertiary/aromatic N) is 2. The summed E-state index contributed by atoms with van der Waals surface area (Å²) >= 11 is 0. The van der Waals surface area contributed by atoms with E-state index in [2.05, 4.69) is 10.3 Å². The molecule has 0 saturated carbocycles. The summed E-state index contributed by atoms with van der Waals surface area (Å²) < 4.78 is 13.8. The number of amides is 2. The SMILES string of the molecule is O=C(NC[C@@H]1CCCN(C(=O)c2ccncc2F)C1)c1ccccc1. The average molecular weight is 341 g/mol. The fourth-order valence-electron chi connectivity index (χ4n) is 3.06. The number of hydrogen-bond acceptors (Lipinski definition) is 3. The molecule has 0 radical (unpaired) electrons. The third-order valence-corrected chi connectivity index (χ3v) is 4.40. The van der Waals surface area contributed by atoms with Gasteiger partial charge in [0.25, 0.3) is 11.8 Å². The number of rotatable bonds is 4. The van der Waals surface area contributed by atoms with E-state index in [9.17, 15) is 14.0 Å². The van der Waals surface area contributed by atoms with Crippen molar-refractivity contribution in [1.82, 2.24) is 15.2 Å². The van der Waals surface area contributed by atoms with Gasteiger partial charge in [-0.25, -0.2) is 4.39 Å². The van der Waals surface area contributed by atoms with Crippen molar-refractivity contribution in [3.8, 4) is 0 Å². The topological polar surface area (TPSA) is 62.3 Å². The van der Waals surface area contributed by atoms with E-state index in [0.717, 1.165) is 19.0 Å². The molecule has 1 atom stereocenters. The number of hydrogen-bond donors (Lipinski definition) is 1. The lowest BCUT2D eigenvalue weighted by atomic mass is 9.97. The molecule has 0 spiro atoms. The van der Waals surface area contributed by atoms with Crippen LogP contribution in [0.15, 0.2) is 48.8 Å². The lowest BCUT2D eigenvalue weighted by Gasteiger charge is -2.33. The molecule has 1 aliphatic heterocycles. The second-order valence-electron chi connectivity index (χ2n) is 6.19. The molecule has 2 aromatic rings. The Hall–Kier alpha value is -2.76. The highest BCUT2D eigenvalue weighted by Crippen LogP contribution is 2.19. The number of carbonyl (C=O) groups is 2. The van der Waals surface area contributed by atoms with Crippen LogP contribution in [-0.2, 0) is 0 Å². The first-order chi connectivity index (χ1) is 12.1. The summed E-state index contributed by atoms with van der Waals surface area (Å²) in [6, 6.07) is 10.4. The number of halogens is 1. The van der Waals surface area contributed by atoms with Gasteiger partial charge in [-0.15, -0.1) is 0 Å². The van der Waals surface area contributed by atoms with Gasteiger partial charge in [0.2, 0.25) is 0 Å². The smallest absolute Gasteiger partial charge is 0.256 e. The van der Waals surface area contributed by atoms with Crippen LogP contribution >= 0.6 is 0 Å². The van der Waals surface area contributed by atoms with Crippen molar-refractivity contribution in [1.29, 1.82) is 0 Å². The molecule has 2 amide bonds. The van der Waals surface area contributed by atoms with Gasteiger partial charge in [-0.1, -0.05) is 18.2 Å². The fourth-order valence-corrected chi connectivity index (χ4v) is 3.06. The molecule has 130 valence electrons. The van der Waals surface area contributed by atoms with E-state index in [0.29, 0.717) is 25.2 Å². The van der Waals surface area contributed by atoms with E-state index in [1.54, 1.807) is 17.0 Å². The highest BCUT2D eigenvalue weighted by atomic mass is 19.1. The minimum Gasteiger partial charge on any atom is -0.352 e. The van der Waals surface area contributed by atoms with Crippen molar-refractivity contribution in [2.24, 2.45) is 5.92 Å². The molecule has 6 heteroatoms. The maximum absolute atomic E-state index is 13.8. The Morgan fingerprint density at radius 2 is 2.04 bits per heavy atom. The predicted molar refractivity (Wildman–Crippen MR) is 91.6 cm³/mol. The number of piperidine rings is 1. The number of benzene rings is 1. The molecule has 1 saturated heterocycles. The van der Waals surface area contributed by atoms with Crippen LogP contribution in [0.5, 0.6) is 0 Å². The Morgan fingerprint density at radius 3 is 2.80 bits per heavy atom. The monoisotopic (exact) mass is 341 g/mol. The van der Waals surface area contributed by atoms with Gasteiger partial charge in [-0.05, 0) is 37.0 Å². The summed E-state index contributed by atoms with van der Waals surface area (Å²) in [6.07, 6.45) is 4.23. The standard InChI is InChI=1S/C19H20FN3O2/c20-17-12-21-9-8-16(17)19(25)23-10-4-5-14(13-23)11-22-18(24)15-6-2-1-3-7-15/h1-3,6-9,12,14H,4-5,10-11,13H2,(H,22,24)/t14-/m0/s1. The van der Waals surface area contributed by atoms with Crippen LogP contribution in [0, 0.1) is 11.7 Å². The van der Waals surface area contributed by atoms with E-state index in [1.165, 1.54) is 12.3 Å². The molecular weight excluding hydrogens is 321 g/mol. The van der Waals surface area contributed by atoms with Gasteiger partial charge >= 0.3 is 0 Å². The Bertz CT molecular complexity index is 751. The van der Waals surface area contributed by atoms with E-state index < -0.39 is 5.82 Å². The minimum absolute atomic E-state index is 0.0453. The van der Waals surface area contributed by atoms with Crippen molar-refractivity contribution in [3.63, 3.8) is 0 Å². The average Bonchev–Trinajstić information content (AvgIpc) is 2.67. The van der Waals surface area contributed by atoms with E-state index >= 15 is 0 Å². The Balaban J connectivity index is 1.57. The summed E-state index contributed by atoms with van der Waals surface area (Å²) in [5, 5.41) is 2.92. The van der Waals surface area contributed by atoms with Gasteiger partial charge in [0.15, 0.2) is 5.82 Å². The van der Waals surface area contributed by atoms with E-state index in [-0.39, 0.29) is 23.3 Å². The van der Waals surface area contributed by atoms with Gasteiger partial charge in [0.1, 0.15) is 0 Å². The van der Waals surface area contributed by atoms with Gasteiger partial charge in [-0.2, -0.15) is 0 Å². The molecule has 0 unspecified atom stereocenters. The zero-order valence-electron chi connectivity index (χ0n) is 13.8. The summed E-state index contributed by atoms with van der Waals surface area (Å²) in [5.41, 5.74) is 0.661. The van der Waals surface area contributed by atoms with Crippen LogP contribution in [0.4, 0.5) is 4.39 Å². The van der Waals surface area contributed by atoms with Gasteiger partial charge in [0.05, 0.1) is 11.8 Å². The molecular formula is C19H20FN3O2. The highest BCUT2D eigenvalue weighted by Gasteiger charge is 2.26. The molecule has 2 heterocycles. The molecule has 1 N–H and O–H groups in total. The molecule has 5 nitrogen and oxygen atoms in total. The maximum atomic E-state index is 13.8. The van der Waals surface area contributed by atoms with Crippen LogP contribution < -0.4 is 5.32 Å². The summed E-state index contributed by atoms with van der Waals surface area (Å²) in [6.45, 7) is 1.61.